The lowest BCUT2D eigenvalue weighted by Gasteiger charge is -2.13. The minimum atomic E-state index is -0.963. The Labute approximate surface area is 204 Å². The number of aromatic hydroxyl groups is 1. The number of halogens is 4. The molecular weight excluding hydrogens is 573 g/mol. The number of carboxylic acids is 1. The van der Waals surface area contributed by atoms with E-state index in [0.29, 0.717) is 25.8 Å². The van der Waals surface area contributed by atoms with Crippen LogP contribution in [0.3, 0.4) is 0 Å². The number of rotatable bonds is 7. The molecule has 32 heavy (non-hydrogen) atoms. The largest absolute Gasteiger partial charge is 0.507 e. The molecular formula is C22H15Br2ClFNO5. The van der Waals surface area contributed by atoms with Gasteiger partial charge in [0.1, 0.15) is 17.3 Å². The summed E-state index contributed by atoms with van der Waals surface area (Å²) in [5.41, 5.74) is 1.13. The highest BCUT2D eigenvalue weighted by molar-refractivity contribution is 9.11. The van der Waals surface area contributed by atoms with Crippen LogP contribution in [0.1, 0.15) is 21.5 Å². The molecule has 0 saturated heterocycles. The van der Waals surface area contributed by atoms with Gasteiger partial charge in [0, 0.05) is 6.54 Å². The molecule has 0 radical (unpaired) electrons. The fourth-order valence-electron chi connectivity index (χ4n) is 2.79. The molecule has 3 aromatic rings. The minimum Gasteiger partial charge on any atom is -0.507 e. The highest BCUT2D eigenvalue weighted by Gasteiger charge is 2.16. The van der Waals surface area contributed by atoms with Crippen LogP contribution in [-0.4, -0.2) is 22.1 Å². The van der Waals surface area contributed by atoms with Gasteiger partial charge < -0.3 is 20.3 Å². The number of hydrogen-bond donors (Lipinski definition) is 3. The number of carboxylic acid groups (broad SMARTS) is 1. The van der Waals surface area contributed by atoms with Crippen LogP contribution in [0.4, 0.5) is 4.39 Å². The summed E-state index contributed by atoms with van der Waals surface area (Å²) in [6, 6.07) is 11.5. The zero-order valence-corrected chi connectivity index (χ0v) is 20.1. The normalized spacial score (nSPS) is 10.6. The lowest BCUT2D eigenvalue weighted by atomic mass is 10.1. The van der Waals surface area contributed by atoms with Crippen LogP contribution in [0.2, 0.25) is 5.02 Å². The van der Waals surface area contributed by atoms with Crippen molar-refractivity contribution in [3.8, 4) is 17.2 Å². The Morgan fingerprint density at radius 2 is 1.72 bits per heavy atom. The SMILES string of the molecule is O=C(O)Cc1cc(Br)c(Oc2ccc(O)c(C(=O)NCc3ccc(F)c(Cl)c3)c2)c(Br)c1. The van der Waals surface area contributed by atoms with E-state index in [2.05, 4.69) is 37.2 Å². The first-order valence-corrected chi connectivity index (χ1v) is 11.0. The van der Waals surface area contributed by atoms with Crippen LogP contribution < -0.4 is 10.1 Å². The minimum absolute atomic E-state index is 0.0227. The summed E-state index contributed by atoms with van der Waals surface area (Å²) in [6.45, 7) is 0.0749. The zero-order valence-electron chi connectivity index (χ0n) is 16.2. The lowest BCUT2D eigenvalue weighted by Crippen LogP contribution is -2.23. The van der Waals surface area contributed by atoms with Crippen molar-refractivity contribution >= 4 is 55.3 Å². The van der Waals surface area contributed by atoms with Crippen LogP contribution in [0.15, 0.2) is 57.5 Å². The van der Waals surface area contributed by atoms with Gasteiger partial charge in [-0.3, -0.25) is 9.59 Å². The number of ether oxygens (including phenoxy) is 1. The predicted molar refractivity (Wildman–Crippen MR) is 124 cm³/mol. The topological polar surface area (TPSA) is 95.9 Å². The molecule has 0 aromatic heterocycles. The molecule has 0 unspecified atom stereocenters. The number of nitrogens with one attached hydrogen (secondary N) is 1. The molecule has 0 aliphatic heterocycles. The van der Waals surface area contributed by atoms with Gasteiger partial charge >= 0.3 is 5.97 Å². The highest BCUT2D eigenvalue weighted by atomic mass is 79.9. The fraction of sp³-hybridized carbons (Fsp3) is 0.0909. The van der Waals surface area contributed by atoms with Crippen molar-refractivity contribution in [1.82, 2.24) is 5.32 Å². The maximum atomic E-state index is 13.3. The number of hydrogen-bond acceptors (Lipinski definition) is 4. The summed E-state index contributed by atoms with van der Waals surface area (Å²) < 4.78 is 20.1. The van der Waals surface area contributed by atoms with E-state index in [1.165, 1.54) is 36.4 Å². The molecule has 3 rings (SSSR count). The molecule has 1 amide bonds. The third kappa shape index (κ3) is 5.99. The molecule has 10 heteroatoms. The van der Waals surface area contributed by atoms with Crippen molar-refractivity contribution in [2.75, 3.05) is 0 Å². The number of phenols is 1. The van der Waals surface area contributed by atoms with Gasteiger partial charge in [-0.15, -0.1) is 0 Å². The molecule has 3 N–H and O–H groups in total. The number of aliphatic carboxylic acids is 1. The van der Waals surface area contributed by atoms with E-state index < -0.39 is 17.7 Å². The van der Waals surface area contributed by atoms with E-state index in [9.17, 15) is 19.1 Å². The molecule has 3 aromatic carbocycles. The number of amides is 1. The first-order valence-electron chi connectivity index (χ1n) is 9.06. The van der Waals surface area contributed by atoms with Crippen molar-refractivity contribution in [2.45, 2.75) is 13.0 Å². The predicted octanol–water partition coefficient (Wildman–Crippen LogP) is 6.06. The van der Waals surface area contributed by atoms with Crippen molar-refractivity contribution in [3.63, 3.8) is 0 Å². The van der Waals surface area contributed by atoms with Gasteiger partial charge in [-0.2, -0.15) is 0 Å². The molecule has 0 heterocycles. The quantitative estimate of drug-likeness (QED) is 0.313. The molecule has 0 spiro atoms. The number of phenolic OH excluding ortho intramolecular Hbond substituents is 1. The highest BCUT2D eigenvalue weighted by Crippen LogP contribution is 2.38. The zero-order chi connectivity index (χ0) is 23.4. The third-order valence-corrected chi connectivity index (χ3v) is 5.75. The Morgan fingerprint density at radius 1 is 1.03 bits per heavy atom. The van der Waals surface area contributed by atoms with Gasteiger partial charge in [0.05, 0.1) is 26.0 Å². The average molecular weight is 588 g/mol. The van der Waals surface area contributed by atoms with Gasteiger partial charge in [0.2, 0.25) is 0 Å². The Morgan fingerprint density at radius 3 is 2.34 bits per heavy atom. The third-order valence-electron chi connectivity index (χ3n) is 4.28. The maximum absolute atomic E-state index is 13.3. The molecule has 0 fully saturated rings. The maximum Gasteiger partial charge on any atom is 0.307 e. The first kappa shape index (κ1) is 24.0. The molecule has 0 aliphatic rings. The first-order chi connectivity index (χ1) is 15.1. The molecule has 0 aliphatic carbocycles. The monoisotopic (exact) mass is 585 g/mol. The van der Waals surface area contributed by atoms with Crippen LogP contribution in [0, 0.1) is 5.82 Å². The van der Waals surface area contributed by atoms with Crippen LogP contribution in [0.25, 0.3) is 0 Å². The standard InChI is InChI=1S/C22H15Br2ClFNO5/c23-15-5-12(8-20(29)30)6-16(24)21(15)32-13-2-4-19(28)14(9-13)22(31)27-10-11-1-3-18(26)17(25)7-11/h1-7,9,28H,8,10H2,(H,27,31)(H,29,30). The molecule has 6 nitrogen and oxygen atoms in total. The number of carbonyl (C=O) groups excluding carboxylic acids is 1. The van der Waals surface area contributed by atoms with Crippen LogP contribution in [-0.2, 0) is 17.8 Å². The smallest absolute Gasteiger partial charge is 0.307 e. The van der Waals surface area contributed by atoms with Crippen molar-refractivity contribution < 1.29 is 28.9 Å². The van der Waals surface area contributed by atoms with E-state index in [-0.39, 0.29) is 35.1 Å². The summed E-state index contributed by atoms with van der Waals surface area (Å²) >= 11 is 12.5. The van der Waals surface area contributed by atoms with Crippen LogP contribution >= 0.6 is 43.5 Å². The van der Waals surface area contributed by atoms with E-state index in [1.54, 1.807) is 12.1 Å². The Hall–Kier alpha value is -2.62. The van der Waals surface area contributed by atoms with Gasteiger partial charge in [0.25, 0.3) is 5.91 Å². The van der Waals surface area contributed by atoms with Gasteiger partial charge in [-0.1, -0.05) is 17.7 Å². The Kier molecular flexibility index (Phi) is 7.76. The summed E-state index contributed by atoms with van der Waals surface area (Å²) in [5, 5.41) is 21.7. The fourth-order valence-corrected chi connectivity index (χ4v) is 4.44. The molecule has 166 valence electrons. The lowest BCUT2D eigenvalue weighted by molar-refractivity contribution is -0.136. The second-order valence-electron chi connectivity index (χ2n) is 6.67. The summed E-state index contributed by atoms with van der Waals surface area (Å²) in [5.74, 6) is -1.69. The van der Waals surface area contributed by atoms with Crippen LogP contribution in [0.5, 0.6) is 17.2 Å². The summed E-state index contributed by atoms with van der Waals surface area (Å²) in [4.78, 5) is 23.5. The van der Waals surface area contributed by atoms with E-state index in [0.717, 1.165) is 0 Å². The van der Waals surface area contributed by atoms with E-state index in [1.807, 2.05) is 0 Å². The number of benzene rings is 3. The number of carbonyl (C=O) groups is 2. The molecule has 0 saturated carbocycles. The van der Waals surface area contributed by atoms with Crippen molar-refractivity contribution in [2.24, 2.45) is 0 Å². The van der Waals surface area contributed by atoms with Gasteiger partial charge in [0.15, 0.2) is 5.75 Å². The molecule has 0 atom stereocenters. The van der Waals surface area contributed by atoms with Crippen molar-refractivity contribution in [1.29, 1.82) is 0 Å². The Balaban J connectivity index is 1.77. The van der Waals surface area contributed by atoms with Crippen molar-refractivity contribution in [3.05, 3.63) is 85.0 Å². The van der Waals surface area contributed by atoms with E-state index >= 15 is 0 Å². The summed E-state index contributed by atoms with van der Waals surface area (Å²) in [7, 11) is 0. The van der Waals surface area contributed by atoms with Gasteiger partial charge in [-0.05, 0) is 85.5 Å². The molecule has 0 bridgehead atoms. The van der Waals surface area contributed by atoms with E-state index in [4.69, 9.17) is 21.4 Å². The average Bonchev–Trinajstić information content (AvgIpc) is 2.72. The summed E-state index contributed by atoms with van der Waals surface area (Å²) in [6.07, 6.45) is -0.153. The second kappa shape index (κ2) is 10.3. The second-order valence-corrected chi connectivity index (χ2v) is 8.79. The Bertz CT molecular complexity index is 1180. The van der Waals surface area contributed by atoms with Gasteiger partial charge in [-0.25, -0.2) is 4.39 Å².